The minimum Gasteiger partial charge on any atom is -0.367 e. The summed E-state index contributed by atoms with van der Waals surface area (Å²) in [6, 6.07) is 5.01. The van der Waals surface area contributed by atoms with Crippen molar-refractivity contribution in [3.63, 3.8) is 0 Å². The first-order chi connectivity index (χ1) is 15.9. The summed E-state index contributed by atoms with van der Waals surface area (Å²) in [5.41, 5.74) is 9.48. The molecule has 0 radical (unpaired) electrons. The van der Waals surface area contributed by atoms with Gasteiger partial charge in [-0.1, -0.05) is 51.1 Å². The highest BCUT2D eigenvalue weighted by molar-refractivity contribution is 6.07. The molecule has 4 aliphatic rings. The van der Waals surface area contributed by atoms with Crippen LogP contribution in [0.5, 0.6) is 0 Å². The normalized spacial score (nSPS) is 31.2. The Morgan fingerprint density at radius 1 is 0.970 bits per heavy atom. The molecular weight excluding hydrogens is 402 g/mol. The maximum Gasteiger partial charge on any atom is 0.129 e. The van der Waals surface area contributed by atoms with Crippen molar-refractivity contribution in [2.24, 2.45) is 28.7 Å². The number of aryl methyl sites for hydroxylation is 2. The molecule has 2 aliphatic carbocycles. The fourth-order valence-electron chi connectivity index (χ4n) is 5.93. The average Bonchev–Trinajstić information content (AvgIpc) is 3.06. The molecule has 5 rings (SSSR count). The van der Waals surface area contributed by atoms with Gasteiger partial charge in [-0.2, -0.15) is 0 Å². The first-order valence-corrected chi connectivity index (χ1v) is 13.0. The van der Waals surface area contributed by atoms with Gasteiger partial charge in [0, 0.05) is 23.4 Å². The van der Waals surface area contributed by atoms with Crippen molar-refractivity contribution < 1.29 is 0 Å². The van der Waals surface area contributed by atoms with E-state index in [1.165, 1.54) is 45.8 Å². The van der Waals surface area contributed by atoms with Crippen molar-refractivity contribution in [2.45, 2.75) is 79.2 Å². The van der Waals surface area contributed by atoms with E-state index >= 15 is 0 Å². The Morgan fingerprint density at radius 2 is 1.79 bits per heavy atom. The Bertz CT molecular complexity index is 1080. The Labute approximate surface area is 199 Å². The summed E-state index contributed by atoms with van der Waals surface area (Å²) < 4.78 is 0. The van der Waals surface area contributed by atoms with Crippen molar-refractivity contribution in [1.82, 2.24) is 4.98 Å². The zero-order valence-corrected chi connectivity index (χ0v) is 21.0. The molecule has 2 aliphatic heterocycles. The maximum absolute atomic E-state index is 5.40. The molecular formula is C30H39N3. The van der Waals surface area contributed by atoms with Gasteiger partial charge in [-0.05, 0) is 98.5 Å². The second-order valence-electron chi connectivity index (χ2n) is 10.8. The third kappa shape index (κ3) is 4.27. The van der Waals surface area contributed by atoms with E-state index in [-0.39, 0.29) is 0 Å². The summed E-state index contributed by atoms with van der Waals surface area (Å²) in [5, 5.41) is 3.57. The van der Waals surface area contributed by atoms with Gasteiger partial charge in [-0.25, -0.2) is 4.98 Å². The molecule has 0 saturated carbocycles. The number of aromatic nitrogens is 1. The van der Waals surface area contributed by atoms with E-state index < -0.39 is 0 Å². The summed E-state index contributed by atoms with van der Waals surface area (Å²) in [4.78, 5) is 10.4. The van der Waals surface area contributed by atoms with Gasteiger partial charge in [0.2, 0.25) is 0 Å². The number of hydrogen-bond donors (Lipinski definition) is 1. The lowest BCUT2D eigenvalue weighted by atomic mass is 9.76. The average molecular weight is 442 g/mol. The third-order valence-corrected chi connectivity index (χ3v) is 8.64. The van der Waals surface area contributed by atoms with Gasteiger partial charge in [-0.3, -0.25) is 4.99 Å². The van der Waals surface area contributed by atoms with Gasteiger partial charge in [-0.15, -0.1) is 0 Å². The van der Waals surface area contributed by atoms with Gasteiger partial charge in [0.15, 0.2) is 0 Å². The first-order valence-electron chi connectivity index (χ1n) is 13.0. The molecule has 174 valence electrons. The van der Waals surface area contributed by atoms with Crippen LogP contribution in [-0.4, -0.2) is 16.7 Å². The van der Waals surface area contributed by atoms with Gasteiger partial charge in [0.25, 0.3) is 0 Å². The van der Waals surface area contributed by atoms with E-state index in [0.717, 1.165) is 37.9 Å². The number of allylic oxidation sites excluding steroid dienone is 8. The van der Waals surface area contributed by atoms with Crippen molar-refractivity contribution in [3.05, 3.63) is 70.1 Å². The molecule has 1 N–H and O–H groups in total. The molecule has 3 heteroatoms. The number of nitrogens with zero attached hydrogens (tertiary/aromatic N) is 2. The Balaban J connectivity index is 1.44. The van der Waals surface area contributed by atoms with E-state index in [9.17, 15) is 0 Å². The quantitative estimate of drug-likeness (QED) is 0.537. The smallest absolute Gasteiger partial charge is 0.129 e. The number of anilines is 1. The summed E-state index contributed by atoms with van der Waals surface area (Å²) in [7, 11) is 0. The van der Waals surface area contributed by atoms with Crippen molar-refractivity contribution in [2.75, 3.05) is 5.32 Å². The number of nitrogens with one attached hydrogen (secondary N) is 1. The fraction of sp³-hybridized carbons (Fsp3) is 0.533. The summed E-state index contributed by atoms with van der Waals surface area (Å²) >= 11 is 0. The van der Waals surface area contributed by atoms with Crippen LogP contribution in [0, 0.1) is 23.7 Å². The molecule has 0 fully saturated rings. The van der Waals surface area contributed by atoms with Gasteiger partial charge in [0.05, 0.1) is 5.71 Å². The highest BCUT2D eigenvalue weighted by Crippen LogP contribution is 2.41. The molecule has 3 nitrogen and oxygen atoms in total. The van der Waals surface area contributed by atoms with Crippen molar-refractivity contribution in [1.29, 1.82) is 0 Å². The van der Waals surface area contributed by atoms with Crippen LogP contribution in [0.1, 0.15) is 71.6 Å². The van der Waals surface area contributed by atoms with Crippen LogP contribution in [0.4, 0.5) is 5.82 Å². The number of pyridine rings is 1. The molecule has 1 aromatic rings. The Hall–Kier alpha value is -2.42. The highest BCUT2D eigenvalue weighted by Gasteiger charge is 2.34. The minimum absolute atomic E-state index is 0.482. The first kappa shape index (κ1) is 22.4. The molecule has 5 atom stereocenters. The lowest BCUT2D eigenvalue weighted by Gasteiger charge is -2.32. The molecule has 0 saturated heterocycles. The molecule has 5 unspecified atom stereocenters. The predicted octanol–water partition coefficient (Wildman–Crippen LogP) is 7.23. The van der Waals surface area contributed by atoms with Crippen LogP contribution in [0.3, 0.4) is 0 Å². The number of hydrogen-bond acceptors (Lipinski definition) is 3. The van der Waals surface area contributed by atoms with E-state index in [2.05, 4.69) is 76.4 Å². The number of aliphatic imine (C=N–C) groups is 1. The van der Waals surface area contributed by atoms with Crippen molar-refractivity contribution >= 4 is 11.5 Å². The second-order valence-corrected chi connectivity index (χ2v) is 10.8. The largest absolute Gasteiger partial charge is 0.367 e. The Morgan fingerprint density at radius 3 is 2.64 bits per heavy atom. The maximum atomic E-state index is 5.40. The van der Waals surface area contributed by atoms with E-state index in [1.807, 2.05) is 0 Å². The summed E-state index contributed by atoms with van der Waals surface area (Å²) in [6.45, 7) is 11.7. The zero-order valence-electron chi connectivity index (χ0n) is 21.0. The van der Waals surface area contributed by atoms with Crippen LogP contribution >= 0.6 is 0 Å². The topological polar surface area (TPSA) is 37.3 Å². The van der Waals surface area contributed by atoms with Crippen LogP contribution in [0.15, 0.2) is 63.8 Å². The lowest BCUT2D eigenvalue weighted by Crippen LogP contribution is -2.28. The van der Waals surface area contributed by atoms with Gasteiger partial charge >= 0.3 is 0 Å². The third-order valence-electron chi connectivity index (χ3n) is 8.64. The Kier molecular flexibility index (Phi) is 6.16. The second kappa shape index (κ2) is 9.08. The summed E-state index contributed by atoms with van der Waals surface area (Å²) in [6.07, 6.45) is 16.0. The zero-order chi connectivity index (χ0) is 23.1. The lowest BCUT2D eigenvalue weighted by molar-refractivity contribution is 0.454. The summed E-state index contributed by atoms with van der Waals surface area (Å²) in [5.74, 6) is 3.33. The van der Waals surface area contributed by atoms with E-state index in [4.69, 9.17) is 9.98 Å². The molecule has 33 heavy (non-hydrogen) atoms. The molecule has 0 aromatic carbocycles. The van der Waals surface area contributed by atoms with Crippen LogP contribution in [0.25, 0.3) is 0 Å². The predicted molar refractivity (Wildman–Crippen MR) is 140 cm³/mol. The monoisotopic (exact) mass is 441 g/mol. The van der Waals surface area contributed by atoms with Crippen LogP contribution in [0.2, 0.25) is 0 Å². The van der Waals surface area contributed by atoms with Crippen molar-refractivity contribution in [3.8, 4) is 0 Å². The van der Waals surface area contributed by atoms with Gasteiger partial charge < -0.3 is 5.32 Å². The van der Waals surface area contributed by atoms with E-state index in [0.29, 0.717) is 29.7 Å². The molecule has 0 spiro atoms. The van der Waals surface area contributed by atoms with Gasteiger partial charge in [0.1, 0.15) is 5.82 Å². The van der Waals surface area contributed by atoms with E-state index in [1.54, 1.807) is 0 Å². The SMILES string of the molecule is CC1=C(CCc2ccc3c(n2)NC(C)CC3)N=C2C3=C(C=CCC2C1C)C(C)C(C)CC=C3. The number of fused-ring (bicyclic) bond motifs is 3. The fourth-order valence-corrected chi connectivity index (χ4v) is 5.93. The van der Waals surface area contributed by atoms with Crippen LogP contribution in [-0.2, 0) is 12.8 Å². The standard InChI is InChI=1S/C30H39N3/c1-18-8-6-11-27-25(20(18)3)9-7-10-26-21(4)22(5)28(33-29(26)27)17-16-24-15-14-23-13-12-19(2)31-30(23)32-24/h6-7,9,11,14-15,18-21,26H,8,10,12-13,16-17H2,1-5H3,(H,31,32). The molecule has 3 heterocycles. The van der Waals surface area contributed by atoms with Crippen LogP contribution < -0.4 is 5.32 Å². The highest BCUT2D eigenvalue weighted by atomic mass is 15.0. The molecule has 1 aromatic heterocycles. The molecule has 0 amide bonds. The number of rotatable bonds is 3. The molecule has 0 bridgehead atoms. The minimum atomic E-state index is 0.482.